The van der Waals surface area contributed by atoms with Crippen LogP contribution in [-0.4, -0.2) is 20.2 Å². The first-order valence-electron chi connectivity index (χ1n) is 7.16. The van der Waals surface area contributed by atoms with E-state index in [2.05, 4.69) is 0 Å². The summed E-state index contributed by atoms with van der Waals surface area (Å²) in [5, 5.41) is 1.69. The van der Waals surface area contributed by atoms with E-state index in [0.717, 1.165) is 16.3 Å². The highest BCUT2D eigenvalue weighted by Gasteiger charge is 2.30. The third-order valence-electron chi connectivity index (χ3n) is 3.48. The van der Waals surface area contributed by atoms with E-state index in [1.54, 1.807) is 14.2 Å². The molecule has 0 aliphatic rings. The van der Waals surface area contributed by atoms with Gasteiger partial charge in [0.1, 0.15) is 5.75 Å². The third-order valence-corrected chi connectivity index (χ3v) is 3.48. The van der Waals surface area contributed by atoms with E-state index in [0.29, 0.717) is 17.2 Å². The number of carbonyl (C=O) groups is 1. The van der Waals surface area contributed by atoms with E-state index in [1.165, 1.54) is 6.92 Å². The van der Waals surface area contributed by atoms with Gasteiger partial charge in [-0.05, 0) is 5.41 Å². The van der Waals surface area contributed by atoms with Crippen LogP contribution >= 0.6 is 0 Å². The Labute approximate surface area is 131 Å². The monoisotopic (exact) mass is 302 g/mol. The van der Waals surface area contributed by atoms with Crippen LogP contribution in [-0.2, 0) is 10.2 Å². The van der Waals surface area contributed by atoms with Crippen molar-refractivity contribution in [3.63, 3.8) is 0 Å². The standard InChI is InChI=1S/C18H22O4/c1-11(19)22-15-12-9-7-8-10-13(12)16(20-5)17(21-6)14(15)18(2,3)4/h7-10H,1-6H3. The molecule has 0 spiro atoms. The van der Waals surface area contributed by atoms with Crippen molar-refractivity contribution in [3.8, 4) is 17.2 Å². The first-order chi connectivity index (χ1) is 10.3. The van der Waals surface area contributed by atoms with Gasteiger partial charge in [-0.25, -0.2) is 0 Å². The molecule has 4 heteroatoms. The number of hydrogen-bond donors (Lipinski definition) is 0. The molecule has 2 rings (SSSR count). The topological polar surface area (TPSA) is 44.8 Å². The van der Waals surface area contributed by atoms with Crippen LogP contribution < -0.4 is 14.2 Å². The van der Waals surface area contributed by atoms with Crippen LogP contribution in [0.25, 0.3) is 10.8 Å². The molecule has 0 heterocycles. The Bertz CT molecular complexity index is 711. The molecule has 0 radical (unpaired) electrons. The van der Waals surface area contributed by atoms with Crippen LogP contribution in [0.15, 0.2) is 24.3 Å². The molecule has 0 fully saturated rings. The molecule has 2 aromatic carbocycles. The molecule has 118 valence electrons. The molecular formula is C18H22O4. The van der Waals surface area contributed by atoms with Gasteiger partial charge >= 0.3 is 5.97 Å². The minimum Gasteiger partial charge on any atom is -0.492 e. The first kappa shape index (κ1) is 16.1. The van der Waals surface area contributed by atoms with E-state index in [-0.39, 0.29) is 11.4 Å². The van der Waals surface area contributed by atoms with Gasteiger partial charge in [-0.3, -0.25) is 4.79 Å². The van der Waals surface area contributed by atoms with Gasteiger partial charge in [0.15, 0.2) is 11.5 Å². The number of ether oxygens (including phenoxy) is 3. The third kappa shape index (κ3) is 2.73. The van der Waals surface area contributed by atoms with Crippen molar-refractivity contribution in [2.75, 3.05) is 14.2 Å². The molecule has 0 aliphatic carbocycles. The molecule has 0 saturated carbocycles. The van der Waals surface area contributed by atoms with Crippen molar-refractivity contribution in [3.05, 3.63) is 29.8 Å². The van der Waals surface area contributed by atoms with Crippen molar-refractivity contribution < 1.29 is 19.0 Å². The van der Waals surface area contributed by atoms with Crippen LogP contribution in [0.1, 0.15) is 33.3 Å². The molecule has 0 atom stereocenters. The van der Waals surface area contributed by atoms with E-state index in [1.807, 2.05) is 45.0 Å². The van der Waals surface area contributed by atoms with Crippen molar-refractivity contribution >= 4 is 16.7 Å². The lowest BCUT2D eigenvalue weighted by molar-refractivity contribution is -0.131. The summed E-state index contributed by atoms with van der Waals surface area (Å²) in [5.41, 5.74) is 0.536. The Morgan fingerprint density at radius 2 is 1.41 bits per heavy atom. The predicted octanol–water partition coefficient (Wildman–Crippen LogP) is 4.08. The molecule has 0 unspecified atom stereocenters. The summed E-state index contributed by atoms with van der Waals surface area (Å²) < 4.78 is 16.7. The van der Waals surface area contributed by atoms with Gasteiger partial charge in [0, 0.05) is 23.3 Å². The highest BCUT2D eigenvalue weighted by molar-refractivity contribution is 5.99. The van der Waals surface area contributed by atoms with E-state index in [9.17, 15) is 4.79 Å². The van der Waals surface area contributed by atoms with Crippen LogP contribution in [0.4, 0.5) is 0 Å². The number of benzene rings is 2. The Hall–Kier alpha value is -2.23. The van der Waals surface area contributed by atoms with E-state index in [4.69, 9.17) is 14.2 Å². The molecule has 0 amide bonds. The zero-order chi connectivity index (χ0) is 16.5. The lowest BCUT2D eigenvalue weighted by atomic mass is 9.83. The van der Waals surface area contributed by atoms with Gasteiger partial charge in [0.25, 0.3) is 0 Å². The summed E-state index contributed by atoms with van der Waals surface area (Å²) in [6.45, 7) is 7.54. The highest BCUT2D eigenvalue weighted by atomic mass is 16.5. The molecule has 0 aliphatic heterocycles. The number of fused-ring (bicyclic) bond motifs is 1. The number of carbonyl (C=O) groups excluding carboxylic acids is 1. The molecular weight excluding hydrogens is 280 g/mol. The Balaban J connectivity index is 3.01. The van der Waals surface area contributed by atoms with Crippen LogP contribution in [0, 0.1) is 0 Å². The average molecular weight is 302 g/mol. The minimum atomic E-state index is -0.358. The van der Waals surface area contributed by atoms with Crippen molar-refractivity contribution in [2.24, 2.45) is 0 Å². The summed E-state index contributed by atoms with van der Waals surface area (Å²) in [6.07, 6.45) is 0. The van der Waals surface area contributed by atoms with Gasteiger partial charge in [-0.15, -0.1) is 0 Å². The van der Waals surface area contributed by atoms with Crippen LogP contribution in [0.5, 0.6) is 17.2 Å². The maximum atomic E-state index is 11.6. The average Bonchev–Trinajstić information content (AvgIpc) is 2.44. The Kier molecular flexibility index (Phi) is 4.31. The number of esters is 1. The lowest BCUT2D eigenvalue weighted by Crippen LogP contribution is -2.17. The first-order valence-corrected chi connectivity index (χ1v) is 7.16. The number of hydrogen-bond acceptors (Lipinski definition) is 4. The second-order valence-corrected chi connectivity index (χ2v) is 6.16. The van der Waals surface area contributed by atoms with E-state index < -0.39 is 0 Å². The zero-order valence-electron chi connectivity index (χ0n) is 13.9. The fourth-order valence-electron chi connectivity index (χ4n) is 2.68. The molecule has 0 saturated heterocycles. The Morgan fingerprint density at radius 3 is 1.82 bits per heavy atom. The number of methoxy groups -OCH3 is 2. The second kappa shape index (κ2) is 5.87. The molecule has 4 nitrogen and oxygen atoms in total. The molecule has 2 aromatic rings. The molecule has 0 aromatic heterocycles. The van der Waals surface area contributed by atoms with Crippen molar-refractivity contribution in [2.45, 2.75) is 33.1 Å². The smallest absolute Gasteiger partial charge is 0.308 e. The maximum absolute atomic E-state index is 11.6. The van der Waals surface area contributed by atoms with Crippen molar-refractivity contribution in [1.82, 2.24) is 0 Å². The SMILES string of the molecule is COc1c(C(C)(C)C)c(OC(C)=O)c2ccccc2c1OC. The van der Waals surface area contributed by atoms with Gasteiger partial charge in [-0.2, -0.15) is 0 Å². The fourth-order valence-corrected chi connectivity index (χ4v) is 2.68. The van der Waals surface area contributed by atoms with Gasteiger partial charge in [0.05, 0.1) is 14.2 Å². The maximum Gasteiger partial charge on any atom is 0.308 e. The molecule has 0 bridgehead atoms. The van der Waals surface area contributed by atoms with Gasteiger partial charge < -0.3 is 14.2 Å². The number of rotatable bonds is 3. The quantitative estimate of drug-likeness (QED) is 0.633. The normalized spacial score (nSPS) is 11.4. The summed E-state index contributed by atoms with van der Waals surface area (Å²) in [6, 6.07) is 7.67. The van der Waals surface area contributed by atoms with Gasteiger partial charge in [-0.1, -0.05) is 45.0 Å². The van der Waals surface area contributed by atoms with Gasteiger partial charge in [0.2, 0.25) is 0 Å². The summed E-state index contributed by atoms with van der Waals surface area (Å²) in [4.78, 5) is 11.6. The predicted molar refractivity (Wildman–Crippen MR) is 87.1 cm³/mol. The van der Waals surface area contributed by atoms with Crippen LogP contribution in [0.3, 0.4) is 0 Å². The summed E-state index contributed by atoms with van der Waals surface area (Å²) in [5.74, 6) is 1.43. The second-order valence-electron chi connectivity index (χ2n) is 6.16. The minimum absolute atomic E-state index is 0.284. The van der Waals surface area contributed by atoms with Crippen LogP contribution in [0.2, 0.25) is 0 Å². The summed E-state index contributed by atoms with van der Waals surface area (Å²) in [7, 11) is 3.21. The van der Waals surface area contributed by atoms with E-state index >= 15 is 0 Å². The Morgan fingerprint density at radius 1 is 0.909 bits per heavy atom. The summed E-state index contributed by atoms with van der Waals surface area (Å²) >= 11 is 0. The highest BCUT2D eigenvalue weighted by Crippen LogP contribution is 2.50. The fraction of sp³-hybridized carbons (Fsp3) is 0.389. The largest absolute Gasteiger partial charge is 0.492 e. The zero-order valence-corrected chi connectivity index (χ0v) is 13.9. The van der Waals surface area contributed by atoms with Crippen molar-refractivity contribution in [1.29, 1.82) is 0 Å². The molecule has 22 heavy (non-hydrogen) atoms. The molecule has 0 N–H and O–H groups in total. The lowest BCUT2D eigenvalue weighted by Gasteiger charge is -2.27.